The van der Waals surface area contributed by atoms with Gasteiger partial charge in [0.05, 0.1) is 34.7 Å². The first-order valence-electron chi connectivity index (χ1n) is 5.47. The highest BCUT2D eigenvalue weighted by Gasteiger charge is 2.61. The normalized spacial score (nSPS) is 16.6. The van der Waals surface area contributed by atoms with E-state index >= 15 is 0 Å². The molecular formula is C10H17N3O6. The van der Waals surface area contributed by atoms with Crippen LogP contribution in [0.25, 0.3) is 0 Å². The first-order chi connectivity index (χ1) is 9.05. The number of nitrogens with zero attached hydrogens (tertiary/aromatic N) is 1. The van der Waals surface area contributed by atoms with Gasteiger partial charge in [0.25, 0.3) is 0 Å². The maximum absolute atomic E-state index is 12.0. The molecule has 1 aliphatic heterocycles. The van der Waals surface area contributed by atoms with Gasteiger partial charge in [0.2, 0.25) is 0 Å². The highest BCUT2D eigenvalue weighted by molar-refractivity contribution is 6.23. The SMILES string of the molecule is COC(=O)C(C(=O)OC)(C(=O)OC)N1CNCNC1. The van der Waals surface area contributed by atoms with Crippen LogP contribution >= 0.6 is 0 Å². The lowest BCUT2D eigenvalue weighted by Gasteiger charge is -2.38. The van der Waals surface area contributed by atoms with Crippen LogP contribution in [-0.4, -0.2) is 69.7 Å². The summed E-state index contributed by atoms with van der Waals surface area (Å²) < 4.78 is 13.7. The van der Waals surface area contributed by atoms with Crippen molar-refractivity contribution < 1.29 is 28.6 Å². The standard InChI is InChI=1S/C10H17N3O6/c1-17-7(14)10(8(15)18-2,9(16)19-3)13-5-11-4-12-6-13/h11-12H,4-6H2,1-3H3. The smallest absolute Gasteiger partial charge is 0.350 e. The molecule has 0 amide bonds. The first kappa shape index (κ1) is 15.3. The molecule has 108 valence electrons. The largest absolute Gasteiger partial charge is 0.467 e. The molecular weight excluding hydrogens is 258 g/mol. The van der Waals surface area contributed by atoms with Gasteiger partial charge in [0, 0.05) is 6.67 Å². The predicted octanol–water partition coefficient (Wildman–Crippen LogP) is -2.39. The lowest BCUT2D eigenvalue weighted by molar-refractivity contribution is -0.185. The molecule has 0 unspecified atom stereocenters. The number of nitrogens with one attached hydrogen (secondary N) is 2. The van der Waals surface area contributed by atoms with Crippen molar-refractivity contribution in [3.8, 4) is 0 Å². The zero-order valence-electron chi connectivity index (χ0n) is 11.0. The number of methoxy groups -OCH3 is 3. The second-order valence-electron chi connectivity index (χ2n) is 3.72. The monoisotopic (exact) mass is 275 g/mol. The lowest BCUT2D eigenvalue weighted by atomic mass is 9.97. The molecule has 1 saturated heterocycles. The zero-order chi connectivity index (χ0) is 14.5. The van der Waals surface area contributed by atoms with Crippen LogP contribution in [-0.2, 0) is 28.6 Å². The van der Waals surface area contributed by atoms with E-state index in [1.807, 2.05) is 0 Å². The van der Waals surface area contributed by atoms with Gasteiger partial charge in [0.1, 0.15) is 0 Å². The summed E-state index contributed by atoms with van der Waals surface area (Å²) in [5.74, 6) is -3.18. The summed E-state index contributed by atoms with van der Waals surface area (Å²) in [6.07, 6.45) is 0. The van der Waals surface area contributed by atoms with Crippen molar-refractivity contribution in [1.82, 2.24) is 15.5 Å². The maximum Gasteiger partial charge on any atom is 0.350 e. The summed E-state index contributed by atoms with van der Waals surface area (Å²) in [7, 11) is 3.23. The Morgan fingerprint density at radius 2 is 1.26 bits per heavy atom. The number of carbonyl (C=O) groups is 3. The highest BCUT2D eigenvalue weighted by atomic mass is 16.6. The second kappa shape index (κ2) is 6.45. The summed E-state index contributed by atoms with van der Waals surface area (Å²) in [4.78, 5) is 37.3. The molecule has 9 heteroatoms. The minimum Gasteiger partial charge on any atom is -0.467 e. The molecule has 0 aromatic carbocycles. The van der Waals surface area contributed by atoms with E-state index in [1.54, 1.807) is 0 Å². The van der Waals surface area contributed by atoms with Gasteiger partial charge in [-0.05, 0) is 0 Å². The van der Waals surface area contributed by atoms with Crippen LogP contribution in [0.15, 0.2) is 0 Å². The number of esters is 3. The minimum absolute atomic E-state index is 0.117. The number of rotatable bonds is 4. The van der Waals surface area contributed by atoms with E-state index in [0.717, 1.165) is 21.3 Å². The van der Waals surface area contributed by atoms with Crippen molar-refractivity contribution in [1.29, 1.82) is 0 Å². The molecule has 0 radical (unpaired) electrons. The Balaban J connectivity index is 3.28. The minimum atomic E-state index is -2.28. The molecule has 0 aromatic rings. The van der Waals surface area contributed by atoms with Crippen LogP contribution in [0.1, 0.15) is 0 Å². The molecule has 0 spiro atoms. The molecule has 0 bridgehead atoms. The highest BCUT2D eigenvalue weighted by Crippen LogP contribution is 2.21. The van der Waals surface area contributed by atoms with Crippen LogP contribution in [0.5, 0.6) is 0 Å². The summed E-state index contributed by atoms with van der Waals surface area (Å²) in [6, 6.07) is 0. The first-order valence-corrected chi connectivity index (χ1v) is 5.47. The van der Waals surface area contributed by atoms with Crippen LogP contribution in [0, 0.1) is 0 Å². The Hall–Kier alpha value is -1.71. The molecule has 0 aromatic heterocycles. The van der Waals surface area contributed by atoms with Crippen molar-refractivity contribution in [2.45, 2.75) is 5.54 Å². The molecule has 0 aliphatic carbocycles. The fourth-order valence-electron chi connectivity index (χ4n) is 1.84. The van der Waals surface area contributed by atoms with Gasteiger partial charge in [-0.2, -0.15) is 0 Å². The topological polar surface area (TPSA) is 106 Å². The average molecular weight is 275 g/mol. The fraction of sp³-hybridized carbons (Fsp3) is 0.700. The molecule has 0 saturated carbocycles. The summed E-state index contributed by atoms with van der Waals surface area (Å²) >= 11 is 0. The number of hydrogen-bond acceptors (Lipinski definition) is 9. The van der Waals surface area contributed by atoms with Crippen molar-refractivity contribution in [3.63, 3.8) is 0 Å². The van der Waals surface area contributed by atoms with Crippen LogP contribution < -0.4 is 10.6 Å². The Kier molecular flexibility index (Phi) is 5.21. The Morgan fingerprint density at radius 3 is 1.58 bits per heavy atom. The van der Waals surface area contributed by atoms with E-state index in [2.05, 4.69) is 24.8 Å². The van der Waals surface area contributed by atoms with Gasteiger partial charge >= 0.3 is 23.4 Å². The van der Waals surface area contributed by atoms with E-state index < -0.39 is 23.4 Å². The molecule has 9 nitrogen and oxygen atoms in total. The van der Waals surface area contributed by atoms with Crippen LogP contribution in [0.2, 0.25) is 0 Å². The van der Waals surface area contributed by atoms with Crippen molar-refractivity contribution in [3.05, 3.63) is 0 Å². The number of hydrogen-bond donors (Lipinski definition) is 2. The van der Waals surface area contributed by atoms with Gasteiger partial charge in [-0.15, -0.1) is 0 Å². The van der Waals surface area contributed by atoms with Crippen LogP contribution in [0.4, 0.5) is 0 Å². The van der Waals surface area contributed by atoms with Gasteiger partial charge < -0.3 is 14.2 Å². The Labute approximate surface area is 110 Å². The van der Waals surface area contributed by atoms with Gasteiger partial charge in [-0.1, -0.05) is 0 Å². The predicted molar refractivity (Wildman–Crippen MR) is 61.5 cm³/mol. The summed E-state index contributed by atoms with van der Waals surface area (Å²) in [6.45, 7) is 0.717. The van der Waals surface area contributed by atoms with Crippen LogP contribution in [0.3, 0.4) is 0 Å². The third kappa shape index (κ3) is 2.53. The zero-order valence-corrected chi connectivity index (χ0v) is 11.0. The van der Waals surface area contributed by atoms with E-state index in [1.165, 1.54) is 4.90 Å². The van der Waals surface area contributed by atoms with Crippen molar-refractivity contribution in [2.75, 3.05) is 41.3 Å². The molecule has 19 heavy (non-hydrogen) atoms. The average Bonchev–Trinajstić information content (AvgIpc) is 2.47. The second-order valence-corrected chi connectivity index (χ2v) is 3.72. The summed E-state index contributed by atoms with van der Waals surface area (Å²) in [5, 5.41) is 5.74. The molecule has 1 rings (SSSR count). The lowest BCUT2D eigenvalue weighted by Crippen LogP contribution is -2.71. The quantitative estimate of drug-likeness (QED) is 0.330. The molecule has 1 fully saturated rings. The van der Waals surface area contributed by atoms with Gasteiger partial charge in [-0.25, -0.2) is 19.3 Å². The molecule has 2 N–H and O–H groups in total. The number of ether oxygens (including phenoxy) is 3. The fourth-order valence-corrected chi connectivity index (χ4v) is 1.84. The summed E-state index contributed by atoms with van der Waals surface area (Å²) in [5.41, 5.74) is -2.28. The van der Waals surface area contributed by atoms with E-state index in [0.29, 0.717) is 6.67 Å². The molecule has 1 heterocycles. The van der Waals surface area contributed by atoms with E-state index in [-0.39, 0.29) is 13.3 Å². The van der Waals surface area contributed by atoms with E-state index in [4.69, 9.17) is 0 Å². The molecule has 1 aliphatic rings. The third-order valence-electron chi connectivity index (χ3n) is 2.77. The third-order valence-corrected chi connectivity index (χ3v) is 2.77. The van der Waals surface area contributed by atoms with Crippen molar-refractivity contribution in [2.24, 2.45) is 0 Å². The Morgan fingerprint density at radius 1 is 0.895 bits per heavy atom. The molecule has 0 atom stereocenters. The maximum atomic E-state index is 12.0. The number of carbonyl (C=O) groups excluding carboxylic acids is 3. The van der Waals surface area contributed by atoms with E-state index in [9.17, 15) is 14.4 Å². The van der Waals surface area contributed by atoms with Gasteiger partial charge in [0.15, 0.2) is 0 Å². The Bertz CT molecular complexity index is 325. The van der Waals surface area contributed by atoms with Crippen molar-refractivity contribution >= 4 is 17.9 Å². The van der Waals surface area contributed by atoms with Gasteiger partial charge in [-0.3, -0.25) is 10.6 Å².